The number of carbonyl (C=O) groups excluding carboxylic acids is 1. The molecule has 0 aromatic heterocycles. The first kappa shape index (κ1) is 15.4. The number of hydrogen-bond donors (Lipinski definition) is 2. The van der Waals surface area contributed by atoms with Crippen molar-refractivity contribution in [3.63, 3.8) is 0 Å². The van der Waals surface area contributed by atoms with Crippen molar-refractivity contribution in [2.75, 3.05) is 19.6 Å². The Labute approximate surface area is 111 Å². The highest BCUT2D eigenvalue weighted by atomic mass is 16.1. The number of primary amides is 1. The van der Waals surface area contributed by atoms with E-state index in [1.54, 1.807) is 0 Å². The maximum absolute atomic E-state index is 11.2. The molecule has 3 unspecified atom stereocenters. The van der Waals surface area contributed by atoms with Gasteiger partial charge in [-0.3, -0.25) is 9.69 Å². The lowest BCUT2D eigenvalue weighted by Crippen LogP contribution is -2.49. The molecule has 0 bridgehead atoms. The molecule has 0 aliphatic heterocycles. The lowest BCUT2D eigenvalue weighted by atomic mass is 9.78. The van der Waals surface area contributed by atoms with Crippen LogP contribution in [0.4, 0.5) is 0 Å². The summed E-state index contributed by atoms with van der Waals surface area (Å²) in [7, 11) is 0. The fraction of sp³-hybridized carbons (Fsp3) is 0.929. The Morgan fingerprint density at radius 2 is 2.11 bits per heavy atom. The van der Waals surface area contributed by atoms with E-state index in [0.29, 0.717) is 18.5 Å². The van der Waals surface area contributed by atoms with Crippen LogP contribution in [0.2, 0.25) is 0 Å². The smallest absolute Gasteiger partial charge is 0.231 e. The number of nitrogens with zero attached hydrogens (tertiary/aromatic N) is 1. The summed E-state index contributed by atoms with van der Waals surface area (Å²) in [5, 5.41) is 0. The first-order valence-electron chi connectivity index (χ1n) is 7.30. The molecule has 0 heterocycles. The van der Waals surface area contributed by atoms with Gasteiger partial charge >= 0.3 is 0 Å². The molecule has 4 heteroatoms. The van der Waals surface area contributed by atoms with Gasteiger partial charge in [0.2, 0.25) is 5.91 Å². The summed E-state index contributed by atoms with van der Waals surface area (Å²) in [5.74, 6) is 1.03. The lowest BCUT2D eigenvalue weighted by molar-refractivity contribution is -0.120. The maximum atomic E-state index is 11.2. The van der Waals surface area contributed by atoms with Crippen molar-refractivity contribution in [2.45, 2.75) is 52.0 Å². The minimum Gasteiger partial charge on any atom is -0.369 e. The molecular formula is C14H29N3O. The van der Waals surface area contributed by atoms with E-state index in [1.165, 1.54) is 12.8 Å². The van der Waals surface area contributed by atoms with Gasteiger partial charge < -0.3 is 11.5 Å². The van der Waals surface area contributed by atoms with Gasteiger partial charge in [-0.2, -0.15) is 0 Å². The number of rotatable bonds is 7. The summed E-state index contributed by atoms with van der Waals surface area (Å²) in [4.78, 5) is 13.5. The third-order valence-corrected chi connectivity index (χ3v) is 4.15. The molecule has 18 heavy (non-hydrogen) atoms. The van der Waals surface area contributed by atoms with E-state index in [-0.39, 0.29) is 5.91 Å². The highest BCUT2D eigenvalue weighted by Gasteiger charge is 2.32. The van der Waals surface area contributed by atoms with Crippen LogP contribution in [0.1, 0.15) is 46.0 Å². The van der Waals surface area contributed by atoms with Gasteiger partial charge in [0.1, 0.15) is 0 Å². The molecule has 1 amide bonds. The Morgan fingerprint density at radius 1 is 1.39 bits per heavy atom. The SMILES string of the molecule is CCCCN(CC(N)=O)C1CC(C)CCC1CN. The van der Waals surface area contributed by atoms with Gasteiger partial charge in [-0.1, -0.05) is 26.7 Å². The van der Waals surface area contributed by atoms with Gasteiger partial charge in [-0.25, -0.2) is 0 Å². The minimum atomic E-state index is -0.222. The summed E-state index contributed by atoms with van der Waals surface area (Å²) < 4.78 is 0. The van der Waals surface area contributed by atoms with Gasteiger partial charge in [0.25, 0.3) is 0 Å². The Kier molecular flexibility index (Phi) is 6.65. The summed E-state index contributed by atoms with van der Waals surface area (Å²) in [6.07, 6.45) is 5.86. The van der Waals surface area contributed by atoms with Crippen LogP contribution < -0.4 is 11.5 Å². The molecule has 0 saturated heterocycles. The second-order valence-electron chi connectivity index (χ2n) is 5.77. The molecule has 0 aromatic rings. The predicted octanol–water partition coefficient (Wildman–Crippen LogP) is 1.34. The van der Waals surface area contributed by atoms with Crippen LogP contribution >= 0.6 is 0 Å². The summed E-state index contributed by atoms with van der Waals surface area (Å²) >= 11 is 0. The van der Waals surface area contributed by atoms with Gasteiger partial charge in [0, 0.05) is 6.04 Å². The summed E-state index contributed by atoms with van der Waals surface area (Å²) in [5.41, 5.74) is 11.3. The Bertz CT molecular complexity index is 257. The van der Waals surface area contributed by atoms with E-state index >= 15 is 0 Å². The van der Waals surface area contributed by atoms with Crippen LogP contribution in [-0.2, 0) is 4.79 Å². The van der Waals surface area contributed by atoms with Gasteiger partial charge in [0.15, 0.2) is 0 Å². The topological polar surface area (TPSA) is 72.3 Å². The molecule has 4 nitrogen and oxygen atoms in total. The maximum Gasteiger partial charge on any atom is 0.231 e. The van der Waals surface area contributed by atoms with Crippen molar-refractivity contribution in [2.24, 2.45) is 23.3 Å². The van der Waals surface area contributed by atoms with E-state index in [1.807, 2.05) is 0 Å². The van der Waals surface area contributed by atoms with Crippen molar-refractivity contribution < 1.29 is 4.79 Å². The lowest BCUT2D eigenvalue weighted by Gasteiger charge is -2.41. The minimum absolute atomic E-state index is 0.222. The van der Waals surface area contributed by atoms with Crippen molar-refractivity contribution in [3.8, 4) is 0 Å². The molecule has 106 valence electrons. The van der Waals surface area contributed by atoms with Crippen molar-refractivity contribution in [1.82, 2.24) is 4.90 Å². The fourth-order valence-corrected chi connectivity index (χ4v) is 3.06. The van der Waals surface area contributed by atoms with Gasteiger partial charge in [0.05, 0.1) is 6.54 Å². The van der Waals surface area contributed by atoms with E-state index in [4.69, 9.17) is 11.5 Å². The van der Waals surface area contributed by atoms with Crippen LogP contribution in [0.5, 0.6) is 0 Å². The number of carbonyl (C=O) groups is 1. The third kappa shape index (κ3) is 4.58. The van der Waals surface area contributed by atoms with Crippen LogP contribution in [-0.4, -0.2) is 36.5 Å². The monoisotopic (exact) mass is 255 g/mol. The first-order valence-corrected chi connectivity index (χ1v) is 7.30. The Balaban J connectivity index is 2.68. The Morgan fingerprint density at radius 3 is 2.67 bits per heavy atom. The Hall–Kier alpha value is -0.610. The number of nitrogens with two attached hydrogens (primary N) is 2. The standard InChI is InChI=1S/C14H29N3O/c1-3-4-7-17(10-14(16)18)13-8-11(2)5-6-12(13)9-15/h11-13H,3-10,15H2,1-2H3,(H2,16,18). The van der Waals surface area contributed by atoms with Crippen LogP contribution in [0.3, 0.4) is 0 Å². The predicted molar refractivity (Wildman–Crippen MR) is 75.0 cm³/mol. The quantitative estimate of drug-likeness (QED) is 0.721. The van der Waals surface area contributed by atoms with E-state index in [2.05, 4.69) is 18.7 Å². The number of amides is 1. The second-order valence-corrected chi connectivity index (χ2v) is 5.77. The van der Waals surface area contributed by atoms with Crippen LogP contribution in [0.25, 0.3) is 0 Å². The summed E-state index contributed by atoms with van der Waals surface area (Å²) in [6, 6.07) is 0.442. The van der Waals surface area contributed by atoms with E-state index in [9.17, 15) is 4.79 Å². The van der Waals surface area contributed by atoms with Gasteiger partial charge in [-0.15, -0.1) is 0 Å². The number of unbranched alkanes of at least 4 members (excludes halogenated alkanes) is 1. The zero-order valence-corrected chi connectivity index (χ0v) is 11.9. The van der Waals surface area contributed by atoms with Crippen LogP contribution in [0, 0.1) is 11.8 Å². The van der Waals surface area contributed by atoms with Crippen molar-refractivity contribution in [3.05, 3.63) is 0 Å². The molecule has 0 aromatic carbocycles. The third-order valence-electron chi connectivity index (χ3n) is 4.15. The normalized spacial score (nSPS) is 28.6. The molecule has 0 spiro atoms. The van der Waals surface area contributed by atoms with Crippen molar-refractivity contribution in [1.29, 1.82) is 0 Å². The highest BCUT2D eigenvalue weighted by Crippen LogP contribution is 2.31. The van der Waals surface area contributed by atoms with Crippen LogP contribution in [0.15, 0.2) is 0 Å². The molecule has 1 rings (SSSR count). The van der Waals surface area contributed by atoms with Gasteiger partial charge in [-0.05, 0) is 44.2 Å². The zero-order valence-electron chi connectivity index (χ0n) is 11.9. The van der Waals surface area contributed by atoms with E-state index < -0.39 is 0 Å². The summed E-state index contributed by atoms with van der Waals surface area (Å²) in [6.45, 7) is 6.54. The molecule has 1 saturated carbocycles. The average Bonchev–Trinajstić information content (AvgIpc) is 2.34. The highest BCUT2D eigenvalue weighted by molar-refractivity contribution is 5.75. The molecule has 4 N–H and O–H groups in total. The molecule has 1 aliphatic carbocycles. The largest absolute Gasteiger partial charge is 0.369 e. The second kappa shape index (κ2) is 7.74. The average molecular weight is 255 g/mol. The fourth-order valence-electron chi connectivity index (χ4n) is 3.06. The molecule has 0 radical (unpaired) electrons. The molecular weight excluding hydrogens is 226 g/mol. The zero-order chi connectivity index (χ0) is 13.5. The molecule has 3 atom stereocenters. The number of hydrogen-bond acceptors (Lipinski definition) is 3. The first-order chi connectivity index (χ1) is 8.58. The van der Waals surface area contributed by atoms with E-state index in [0.717, 1.165) is 38.3 Å². The molecule has 1 fully saturated rings. The van der Waals surface area contributed by atoms with Crippen molar-refractivity contribution >= 4 is 5.91 Å². The molecule has 1 aliphatic rings.